The molecule has 0 aliphatic carbocycles. The Labute approximate surface area is 194 Å². The lowest BCUT2D eigenvalue weighted by Crippen LogP contribution is -2.22. The lowest BCUT2D eigenvalue weighted by atomic mass is 10.1. The maximum atomic E-state index is 12.7. The van der Waals surface area contributed by atoms with Crippen molar-refractivity contribution >= 4 is 34.7 Å². The largest absolute Gasteiger partial charge is 0.332 e. The van der Waals surface area contributed by atoms with E-state index in [-0.39, 0.29) is 11.5 Å². The lowest BCUT2D eigenvalue weighted by Gasteiger charge is -2.18. The van der Waals surface area contributed by atoms with E-state index in [1.165, 1.54) is 5.56 Å². The van der Waals surface area contributed by atoms with Crippen LogP contribution in [0.3, 0.4) is 0 Å². The fourth-order valence-electron chi connectivity index (χ4n) is 3.81. The van der Waals surface area contributed by atoms with Gasteiger partial charge in [-0.15, -0.1) is 0 Å². The summed E-state index contributed by atoms with van der Waals surface area (Å²) in [6, 6.07) is 15.4. The second-order valence-electron chi connectivity index (χ2n) is 7.95. The normalized spacial score (nSPS) is 11.2. The Bertz CT molecular complexity index is 1160. The number of para-hydroxylation sites is 1. The molecule has 3 rings (SSSR count). The summed E-state index contributed by atoms with van der Waals surface area (Å²) in [7, 11) is 0. The van der Waals surface area contributed by atoms with Gasteiger partial charge in [0.15, 0.2) is 4.77 Å². The van der Waals surface area contributed by atoms with Crippen LogP contribution in [0.2, 0.25) is 0 Å². The van der Waals surface area contributed by atoms with Crippen molar-refractivity contribution < 1.29 is 4.79 Å². The van der Waals surface area contributed by atoms with Crippen molar-refractivity contribution in [1.29, 1.82) is 0 Å². The van der Waals surface area contributed by atoms with Crippen molar-refractivity contribution in [2.75, 3.05) is 18.4 Å². The molecule has 1 amide bonds. The van der Waals surface area contributed by atoms with Gasteiger partial charge in [-0.3, -0.25) is 19.1 Å². The molecule has 1 aromatic heterocycles. The van der Waals surface area contributed by atoms with Gasteiger partial charge in [0, 0.05) is 25.2 Å². The zero-order valence-corrected chi connectivity index (χ0v) is 19.7. The van der Waals surface area contributed by atoms with E-state index in [1.54, 1.807) is 10.6 Å². The number of amides is 1. The molecule has 3 aromatic rings. The van der Waals surface area contributed by atoms with Crippen molar-refractivity contribution in [3.8, 4) is 0 Å². The number of aromatic nitrogens is 2. The molecule has 0 radical (unpaired) electrons. The first-order chi connectivity index (χ1) is 15.5. The zero-order valence-electron chi connectivity index (χ0n) is 18.9. The van der Waals surface area contributed by atoms with Gasteiger partial charge in [-0.2, -0.15) is 0 Å². The summed E-state index contributed by atoms with van der Waals surface area (Å²) < 4.78 is 2.05. The van der Waals surface area contributed by atoms with E-state index >= 15 is 0 Å². The summed E-state index contributed by atoms with van der Waals surface area (Å²) in [6.07, 6.45) is 2.87. The SMILES string of the molecule is CCN(CC)Cc1cccc(NC(=O)CCCCCn2c(=S)[nH]c3ccccc3c2=O)c1. The molecular weight excluding hydrogens is 420 g/mol. The van der Waals surface area contributed by atoms with Gasteiger partial charge in [0.1, 0.15) is 0 Å². The molecule has 0 aliphatic heterocycles. The molecule has 6 nitrogen and oxygen atoms in total. The second-order valence-corrected chi connectivity index (χ2v) is 8.34. The highest BCUT2D eigenvalue weighted by Gasteiger charge is 2.07. The standard InChI is InChI=1S/C25H32N4O2S/c1-3-28(4-2)18-19-11-10-12-20(17-19)26-23(30)15-6-5-9-16-29-24(31)21-13-7-8-14-22(21)27-25(29)32/h7-8,10-14,17H,3-6,9,15-16,18H2,1-2H3,(H,26,30)(H,27,32). The molecule has 7 heteroatoms. The third-order valence-electron chi connectivity index (χ3n) is 5.69. The Balaban J connectivity index is 1.46. The van der Waals surface area contributed by atoms with Gasteiger partial charge in [-0.05, 0) is 68.0 Å². The van der Waals surface area contributed by atoms with E-state index in [9.17, 15) is 9.59 Å². The molecular formula is C25H32N4O2S. The molecule has 0 spiro atoms. The summed E-state index contributed by atoms with van der Waals surface area (Å²) in [4.78, 5) is 30.5. The fraction of sp³-hybridized carbons (Fsp3) is 0.400. The number of hydrogen-bond donors (Lipinski definition) is 2. The van der Waals surface area contributed by atoms with Crippen LogP contribution >= 0.6 is 12.2 Å². The number of unbranched alkanes of at least 4 members (excludes halogenated alkanes) is 2. The molecule has 2 aromatic carbocycles. The minimum Gasteiger partial charge on any atom is -0.332 e. The minimum absolute atomic E-state index is 0.0187. The molecule has 0 saturated carbocycles. The van der Waals surface area contributed by atoms with E-state index < -0.39 is 0 Å². The molecule has 32 heavy (non-hydrogen) atoms. The Morgan fingerprint density at radius 2 is 1.84 bits per heavy atom. The van der Waals surface area contributed by atoms with Crippen molar-refractivity contribution in [3.05, 3.63) is 69.2 Å². The Kier molecular flexibility index (Phi) is 8.76. The maximum absolute atomic E-state index is 12.7. The first-order valence-electron chi connectivity index (χ1n) is 11.3. The number of carbonyl (C=O) groups is 1. The van der Waals surface area contributed by atoms with Crippen molar-refractivity contribution in [3.63, 3.8) is 0 Å². The van der Waals surface area contributed by atoms with Gasteiger partial charge in [-0.1, -0.05) is 44.5 Å². The Hall–Kier alpha value is -2.77. The van der Waals surface area contributed by atoms with E-state index in [1.807, 2.05) is 36.4 Å². The number of H-pyrrole nitrogens is 1. The smallest absolute Gasteiger partial charge is 0.262 e. The zero-order chi connectivity index (χ0) is 22.9. The first-order valence-corrected chi connectivity index (χ1v) is 11.8. The molecule has 170 valence electrons. The van der Waals surface area contributed by atoms with Crippen molar-refractivity contribution in [2.45, 2.75) is 52.6 Å². The monoisotopic (exact) mass is 452 g/mol. The minimum atomic E-state index is -0.0633. The van der Waals surface area contributed by atoms with E-state index in [0.29, 0.717) is 23.1 Å². The fourth-order valence-corrected chi connectivity index (χ4v) is 4.09. The van der Waals surface area contributed by atoms with Gasteiger partial charge < -0.3 is 10.3 Å². The number of aromatic amines is 1. The van der Waals surface area contributed by atoms with Gasteiger partial charge in [0.25, 0.3) is 5.56 Å². The summed E-state index contributed by atoms with van der Waals surface area (Å²) in [5.41, 5.74) is 2.74. The van der Waals surface area contributed by atoms with Crippen LogP contribution < -0.4 is 10.9 Å². The average molecular weight is 453 g/mol. The lowest BCUT2D eigenvalue weighted by molar-refractivity contribution is -0.116. The molecule has 2 N–H and O–H groups in total. The number of hydrogen-bond acceptors (Lipinski definition) is 4. The number of benzene rings is 2. The third kappa shape index (κ3) is 6.37. The quantitative estimate of drug-likeness (QED) is 0.314. The van der Waals surface area contributed by atoms with Crippen molar-refractivity contribution in [1.82, 2.24) is 14.5 Å². The van der Waals surface area contributed by atoms with Crippen LogP contribution in [0.1, 0.15) is 45.1 Å². The first kappa shape index (κ1) is 23.9. The average Bonchev–Trinajstić information content (AvgIpc) is 2.79. The second kappa shape index (κ2) is 11.7. The summed E-state index contributed by atoms with van der Waals surface area (Å²) in [5.74, 6) is 0.0187. The summed E-state index contributed by atoms with van der Waals surface area (Å²) in [5, 5.41) is 3.65. The number of nitrogens with one attached hydrogen (secondary N) is 2. The Morgan fingerprint density at radius 1 is 1.06 bits per heavy atom. The van der Waals surface area contributed by atoms with Crippen LogP contribution in [-0.2, 0) is 17.9 Å². The van der Waals surface area contributed by atoms with E-state index in [2.05, 4.69) is 35.1 Å². The molecule has 0 fully saturated rings. The van der Waals surface area contributed by atoms with Crippen LogP contribution in [0.25, 0.3) is 10.9 Å². The van der Waals surface area contributed by atoms with Crippen LogP contribution in [-0.4, -0.2) is 33.4 Å². The van der Waals surface area contributed by atoms with E-state index in [4.69, 9.17) is 12.2 Å². The van der Waals surface area contributed by atoms with E-state index in [0.717, 1.165) is 50.1 Å². The number of fused-ring (bicyclic) bond motifs is 1. The summed E-state index contributed by atoms with van der Waals surface area (Å²) >= 11 is 5.35. The molecule has 0 aliphatic rings. The topological polar surface area (TPSA) is 70.1 Å². The van der Waals surface area contributed by atoms with Gasteiger partial charge in [0.05, 0.1) is 10.9 Å². The highest BCUT2D eigenvalue weighted by molar-refractivity contribution is 7.71. The summed E-state index contributed by atoms with van der Waals surface area (Å²) in [6.45, 7) is 7.74. The number of anilines is 1. The van der Waals surface area contributed by atoms with Crippen molar-refractivity contribution in [2.24, 2.45) is 0 Å². The van der Waals surface area contributed by atoms with Crippen LogP contribution in [0.5, 0.6) is 0 Å². The van der Waals surface area contributed by atoms with Gasteiger partial charge in [-0.25, -0.2) is 0 Å². The van der Waals surface area contributed by atoms with Crippen LogP contribution in [0.15, 0.2) is 53.3 Å². The molecule has 0 atom stereocenters. The molecule has 0 saturated heterocycles. The van der Waals surface area contributed by atoms with Gasteiger partial charge in [0.2, 0.25) is 5.91 Å². The number of carbonyl (C=O) groups excluding carboxylic acids is 1. The Morgan fingerprint density at radius 3 is 2.62 bits per heavy atom. The predicted molar refractivity (Wildman–Crippen MR) is 134 cm³/mol. The van der Waals surface area contributed by atoms with Crippen LogP contribution in [0, 0.1) is 4.77 Å². The number of nitrogens with zero attached hydrogens (tertiary/aromatic N) is 2. The highest BCUT2D eigenvalue weighted by Crippen LogP contribution is 2.14. The third-order valence-corrected chi connectivity index (χ3v) is 6.01. The predicted octanol–water partition coefficient (Wildman–Crippen LogP) is 5.10. The molecule has 1 heterocycles. The molecule has 0 unspecified atom stereocenters. The number of rotatable bonds is 11. The van der Waals surface area contributed by atoms with Gasteiger partial charge >= 0.3 is 0 Å². The maximum Gasteiger partial charge on any atom is 0.262 e. The highest BCUT2D eigenvalue weighted by atomic mass is 32.1. The molecule has 0 bridgehead atoms. The van der Waals surface area contributed by atoms with Crippen LogP contribution in [0.4, 0.5) is 5.69 Å².